The van der Waals surface area contributed by atoms with E-state index >= 15 is 0 Å². The summed E-state index contributed by atoms with van der Waals surface area (Å²) in [4.78, 5) is 11.9. The summed E-state index contributed by atoms with van der Waals surface area (Å²) in [6, 6.07) is 10.5. The summed E-state index contributed by atoms with van der Waals surface area (Å²) < 4.78 is 3.61. The molecule has 1 aromatic carbocycles. The molecule has 19 heavy (non-hydrogen) atoms. The van der Waals surface area contributed by atoms with Gasteiger partial charge in [0.2, 0.25) is 0 Å². The molecule has 2 aromatic rings. The van der Waals surface area contributed by atoms with Crippen LogP contribution in [0.5, 0.6) is 0 Å². The van der Waals surface area contributed by atoms with Crippen molar-refractivity contribution in [3.8, 4) is 0 Å². The fraction of sp³-hybridized carbons (Fsp3) is 0.438. The van der Waals surface area contributed by atoms with Gasteiger partial charge in [-0.3, -0.25) is 9.13 Å². The van der Waals surface area contributed by atoms with E-state index in [1.807, 2.05) is 23.0 Å². The molecule has 0 aliphatic rings. The van der Waals surface area contributed by atoms with E-state index in [0.717, 1.165) is 38.8 Å². The fourth-order valence-corrected chi connectivity index (χ4v) is 2.29. The molecule has 102 valence electrons. The van der Waals surface area contributed by atoms with Gasteiger partial charge in [-0.05, 0) is 31.2 Å². The van der Waals surface area contributed by atoms with E-state index in [2.05, 4.69) is 31.2 Å². The van der Waals surface area contributed by atoms with Gasteiger partial charge in [0.25, 0.3) is 0 Å². The Balaban J connectivity index is 1.78. The van der Waals surface area contributed by atoms with Crippen LogP contribution in [0.3, 0.4) is 0 Å². The fourth-order valence-electron chi connectivity index (χ4n) is 2.29. The van der Waals surface area contributed by atoms with Crippen LogP contribution in [0.2, 0.25) is 0 Å². The summed E-state index contributed by atoms with van der Waals surface area (Å²) in [5, 5.41) is 0. The number of benzene rings is 1. The second-order valence-corrected chi connectivity index (χ2v) is 4.91. The Morgan fingerprint density at radius 1 is 0.947 bits per heavy atom. The van der Waals surface area contributed by atoms with Gasteiger partial charge in [-0.1, -0.05) is 37.3 Å². The first kappa shape index (κ1) is 13.7. The lowest BCUT2D eigenvalue weighted by Crippen LogP contribution is -2.24. The average Bonchev–Trinajstić information content (AvgIpc) is 2.78. The highest BCUT2D eigenvalue weighted by atomic mass is 16.1. The van der Waals surface area contributed by atoms with Gasteiger partial charge in [0.05, 0.1) is 0 Å². The number of aromatic nitrogens is 2. The molecule has 0 saturated heterocycles. The van der Waals surface area contributed by atoms with E-state index < -0.39 is 0 Å². The van der Waals surface area contributed by atoms with Crippen molar-refractivity contribution >= 4 is 0 Å². The van der Waals surface area contributed by atoms with Crippen molar-refractivity contribution in [2.24, 2.45) is 0 Å². The molecular formula is C16H22N2O. The Labute approximate surface area is 114 Å². The van der Waals surface area contributed by atoms with Crippen LogP contribution in [0.25, 0.3) is 0 Å². The second kappa shape index (κ2) is 6.98. The van der Waals surface area contributed by atoms with Gasteiger partial charge in [0.1, 0.15) is 0 Å². The topological polar surface area (TPSA) is 26.9 Å². The third-order valence-corrected chi connectivity index (χ3v) is 3.34. The van der Waals surface area contributed by atoms with E-state index in [0.29, 0.717) is 0 Å². The third-order valence-electron chi connectivity index (χ3n) is 3.34. The minimum Gasteiger partial charge on any atom is -0.299 e. The molecule has 0 bridgehead atoms. The number of nitrogens with zero attached hydrogens (tertiary/aromatic N) is 2. The Morgan fingerprint density at radius 3 is 2.32 bits per heavy atom. The molecule has 0 atom stereocenters. The molecule has 0 N–H and O–H groups in total. The van der Waals surface area contributed by atoms with E-state index in [1.165, 1.54) is 5.56 Å². The van der Waals surface area contributed by atoms with Gasteiger partial charge in [-0.2, -0.15) is 0 Å². The molecule has 1 aromatic heterocycles. The molecular weight excluding hydrogens is 236 g/mol. The zero-order valence-corrected chi connectivity index (χ0v) is 11.6. The van der Waals surface area contributed by atoms with Crippen molar-refractivity contribution in [1.29, 1.82) is 0 Å². The normalized spacial score (nSPS) is 10.8. The minimum absolute atomic E-state index is 0.126. The van der Waals surface area contributed by atoms with Crippen molar-refractivity contribution < 1.29 is 0 Å². The summed E-state index contributed by atoms with van der Waals surface area (Å²) in [7, 11) is 0. The van der Waals surface area contributed by atoms with Crippen molar-refractivity contribution in [3.05, 3.63) is 58.8 Å². The van der Waals surface area contributed by atoms with Gasteiger partial charge in [-0.25, -0.2) is 4.79 Å². The molecule has 0 amide bonds. The SMILES string of the molecule is CCCn1ccn(CCCCc2ccccc2)c1=O. The highest BCUT2D eigenvalue weighted by Crippen LogP contribution is 2.05. The van der Waals surface area contributed by atoms with Gasteiger partial charge < -0.3 is 0 Å². The maximum absolute atomic E-state index is 11.9. The average molecular weight is 258 g/mol. The van der Waals surface area contributed by atoms with Crippen LogP contribution >= 0.6 is 0 Å². The lowest BCUT2D eigenvalue weighted by molar-refractivity contribution is 0.565. The van der Waals surface area contributed by atoms with Crippen LogP contribution in [0.15, 0.2) is 47.5 Å². The number of unbranched alkanes of at least 4 members (excludes halogenated alkanes) is 1. The Morgan fingerprint density at radius 2 is 1.63 bits per heavy atom. The second-order valence-electron chi connectivity index (χ2n) is 4.91. The van der Waals surface area contributed by atoms with Crippen LogP contribution in [0, 0.1) is 0 Å². The standard InChI is InChI=1S/C16H22N2O/c1-2-11-17-13-14-18(16(17)19)12-7-6-10-15-8-4-3-5-9-15/h3-5,8-9,13-14H,2,6-7,10-12H2,1H3. The largest absolute Gasteiger partial charge is 0.328 e. The van der Waals surface area contributed by atoms with E-state index in [1.54, 1.807) is 4.57 Å². The molecule has 1 heterocycles. The van der Waals surface area contributed by atoms with Crippen LogP contribution < -0.4 is 5.69 Å². The predicted molar refractivity (Wildman–Crippen MR) is 78.4 cm³/mol. The summed E-state index contributed by atoms with van der Waals surface area (Å²) in [5.74, 6) is 0. The first-order valence-corrected chi connectivity index (χ1v) is 7.10. The summed E-state index contributed by atoms with van der Waals surface area (Å²) in [6.45, 7) is 3.72. The molecule has 3 nitrogen and oxygen atoms in total. The summed E-state index contributed by atoms with van der Waals surface area (Å²) in [6.07, 6.45) is 8.05. The monoisotopic (exact) mass is 258 g/mol. The maximum atomic E-state index is 11.9. The smallest absolute Gasteiger partial charge is 0.299 e. The summed E-state index contributed by atoms with van der Waals surface area (Å²) in [5.41, 5.74) is 1.50. The lowest BCUT2D eigenvalue weighted by atomic mass is 10.1. The number of hydrogen-bond donors (Lipinski definition) is 0. The minimum atomic E-state index is 0.126. The van der Waals surface area contributed by atoms with Gasteiger partial charge in [-0.15, -0.1) is 0 Å². The van der Waals surface area contributed by atoms with E-state index in [4.69, 9.17) is 0 Å². The molecule has 0 unspecified atom stereocenters. The van der Waals surface area contributed by atoms with Gasteiger partial charge in [0.15, 0.2) is 0 Å². The molecule has 0 aliphatic heterocycles. The predicted octanol–water partition coefficient (Wildman–Crippen LogP) is 3.08. The third kappa shape index (κ3) is 3.85. The molecule has 2 rings (SSSR count). The van der Waals surface area contributed by atoms with Crippen LogP contribution in [-0.2, 0) is 19.5 Å². The van der Waals surface area contributed by atoms with E-state index in [-0.39, 0.29) is 5.69 Å². The van der Waals surface area contributed by atoms with Crippen LogP contribution in [0.1, 0.15) is 31.7 Å². The quantitative estimate of drug-likeness (QED) is 0.701. The van der Waals surface area contributed by atoms with Gasteiger partial charge >= 0.3 is 5.69 Å². The number of rotatable bonds is 7. The number of hydrogen-bond acceptors (Lipinski definition) is 1. The zero-order valence-electron chi connectivity index (χ0n) is 11.6. The molecule has 0 spiro atoms. The Bertz CT molecular complexity index is 539. The number of aryl methyl sites for hydroxylation is 3. The maximum Gasteiger partial charge on any atom is 0.328 e. The summed E-state index contributed by atoms with van der Waals surface area (Å²) >= 11 is 0. The molecule has 0 aliphatic carbocycles. The first-order valence-electron chi connectivity index (χ1n) is 7.10. The van der Waals surface area contributed by atoms with Crippen molar-refractivity contribution in [2.45, 2.75) is 45.7 Å². The van der Waals surface area contributed by atoms with Gasteiger partial charge in [0, 0.05) is 25.5 Å². The lowest BCUT2D eigenvalue weighted by Gasteiger charge is -2.03. The molecule has 0 radical (unpaired) electrons. The zero-order chi connectivity index (χ0) is 13.5. The first-order chi connectivity index (χ1) is 9.31. The van der Waals surface area contributed by atoms with Crippen molar-refractivity contribution in [1.82, 2.24) is 9.13 Å². The number of imidazole rings is 1. The van der Waals surface area contributed by atoms with E-state index in [9.17, 15) is 4.79 Å². The highest BCUT2D eigenvalue weighted by molar-refractivity contribution is 5.14. The van der Waals surface area contributed by atoms with Crippen LogP contribution in [0.4, 0.5) is 0 Å². The van der Waals surface area contributed by atoms with Crippen molar-refractivity contribution in [2.75, 3.05) is 0 Å². The molecule has 0 saturated carbocycles. The Hall–Kier alpha value is -1.77. The molecule has 0 fully saturated rings. The molecule has 3 heteroatoms. The highest BCUT2D eigenvalue weighted by Gasteiger charge is 2.01. The van der Waals surface area contributed by atoms with Crippen LogP contribution in [-0.4, -0.2) is 9.13 Å². The Kier molecular flexibility index (Phi) is 5.01. The van der Waals surface area contributed by atoms with Crippen molar-refractivity contribution in [3.63, 3.8) is 0 Å².